The number of benzene rings is 2. The topological polar surface area (TPSA) is 25.4 Å². The number of anilines is 3. The van der Waals surface area contributed by atoms with Gasteiger partial charge in [-0.25, -0.2) is 4.98 Å². The van der Waals surface area contributed by atoms with Crippen LogP contribution in [-0.4, -0.2) is 14.5 Å². The third-order valence-corrected chi connectivity index (χ3v) is 5.97. The molecule has 4 heteroatoms. The maximum Gasteiger partial charge on any atom is 0.181 e. The van der Waals surface area contributed by atoms with Gasteiger partial charge in [0.1, 0.15) is 9.52 Å². The van der Waals surface area contributed by atoms with Crippen LogP contribution in [0.5, 0.6) is 11.5 Å². The normalized spacial score (nSPS) is 13.9. The minimum Gasteiger partial charge on any atom is -0.451 e. The summed E-state index contributed by atoms with van der Waals surface area (Å²) < 4.78 is 6.12. The van der Waals surface area contributed by atoms with E-state index in [9.17, 15) is 0 Å². The van der Waals surface area contributed by atoms with Crippen molar-refractivity contribution >= 4 is 37.1 Å². The standard InChI is InChI=1S/C20H16N2OSi/c1-12(2)13-8-9-17-14(11-13)22-19-15(5-3-7-18(19)24-17)23-16-6-4-10-21-20(16)22/h3-12H,1-2H3. The van der Waals surface area contributed by atoms with Crippen LogP contribution in [0.1, 0.15) is 25.3 Å². The molecule has 0 saturated carbocycles. The molecule has 5 rings (SSSR count). The lowest BCUT2D eigenvalue weighted by atomic mass is 10.0. The first-order valence-electron chi connectivity index (χ1n) is 8.19. The molecule has 3 heterocycles. The third kappa shape index (κ3) is 1.86. The summed E-state index contributed by atoms with van der Waals surface area (Å²) in [6.07, 6.45) is 1.83. The van der Waals surface area contributed by atoms with Crippen LogP contribution in [0.3, 0.4) is 0 Å². The molecule has 0 fully saturated rings. The third-order valence-electron chi connectivity index (χ3n) is 4.60. The van der Waals surface area contributed by atoms with Gasteiger partial charge in [-0.3, -0.25) is 4.90 Å². The van der Waals surface area contributed by atoms with E-state index in [1.165, 1.54) is 21.6 Å². The highest BCUT2D eigenvalue weighted by atomic mass is 28.2. The molecular formula is C20H16N2OSi. The molecule has 1 aromatic heterocycles. The Kier molecular flexibility index (Phi) is 2.85. The molecule has 2 aromatic carbocycles. The largest absolute Gasteiger partial charge is 0.451 e. The van der Waals surface area contributed by atoms with Crippen LogP contribution in [-0.2, 0) is 0 Å². The lowest BCUT2D eigenvalue weighted by Crippen LogP contribution is -2.41. The van der Waals surface area contributed by atoms with Crippen LogP contribution in [0.15, 0.2) is 54.7 Å². The average molecular weight is 328 g/mol. The van der Waals surface area contributed by atoms with Crippen molar-refractivity contribution in [1.29, 1.82) is 0 Å². The highest BCUT2D eigenvalue weighted by Crippen LogP contribution is 2.49. The Balaban J connectivity index is 1.81. The van der Waals surface area contributed by atoms with Gasteiger partial charge in [0.2, 0.25) is 0 Å². The van der Waals surface area contributed by atoms with Crippen molar-refractivity contribution in [3.63, 3.8) is 0 Å². The van der Waals surface area contributed by atoms with Crippen molar-refractivity contribution in [3.8, 4) is 11.5 Å². The molecule has 0 N–H and O–H groups in total. The number of pyridine rings is 1. The minimum absolute atomic E-state index is 0.500. The summed E-state index contributed by atoms with van der Waals surface area (Å²) in [6, 6.07) is 17.1. The van der Waals surface area contributed by atoms with Gasteiger partial charge in [-0.2, -0.15) is 0 Å². The predicted octanol–water partition coefficient (Wildman–Crippen LogP) is 3.75. The van der Waals surface area contributed by atoms with Gasteiger partial charge in [-0.15, -0.1) is 0 Å². The Morgan fingerprint density at radius 1 is 1.00 bits per heavy atom. The Morgan fingerprint density at radius 2 is 1.88 bits per heavy atom. The van der Waals surface area contributed by atoms with Crippen LogP contribution >= 0.6 is 0 Å². The number of rotatable bonds is 1. The fourth-order valence-electron chi connectivity index (χ4n) is 3.37. The molecule has 116 valence electrons. The van der Waals surface area contributed by atoms with Gasteiger partial charge < -0.3 is 4.74 Å². The molecule has 2 aliphatic rings. The number of hydrogen-bond acceptors (Lipinski definition) is 3. The fourth-order valence-corrected chi connectivity index (χ4v) is 4.67. The van der Waals surface area contributed by atoms with Crippen molar-refractivity contribution in [2.75, 3.05) is 4.90 Å². The number of nitrogens with zero attached hydrogens (tertiary/aromatic N) is 2. The van der Waals surface area contributed by atoms with Gasteiger partial charge in [0.15, 0.2) is 17.3 Å². The van der Waals surface area contributed by atoms with Gasteiger partial charge in [0, 0.05) is 11.9 Å². The monoisotopic (exact) mass is 328 g/mol. The van der Waals surface area contributed by atoms with Crippen LogP contribution in [0.25, 0.3) is 0 Å². The van der Waals surface area contributed by atoms with E-state index in [2.05, 4.69) is 54.1 Å². The van der Waals surface area contributed by atoms with Gasteiger partial charge in [0.05, 0.1) is 5.69 Å². The van der Waals surface area contributed by atoms with E-state index in [0.717, 1.165) is 23.0 Å². The first kappa shape index (κ1) is 13.8. The Bertz CT molecular complexity index is 953. The average Bonchev–Trinajstić information content (AvgIpc) is 2.61. The molecule has 0 amide bonds. The van der Waals surface area contributed by atoms with E-state index in [0.29, 0.717) is 15.4 Å². The second-order valence-electron chi connectivity index (χ2n) is 6.47. The highest BCUT2D eigenvalue weighted by Gasteiger charge is 2.34. The van der Waals surface area contributed by atoms with Gasteiger partial charge >= 0.3 is 0 Å². The molecule has 0 unspecified atom stereocenters. The quantitative estimate of drug-likeness (QED) is 0.438. The van der Waals surface area contributed by atoms with Crippen molar-refractivity contribution in [1.82, 2.24) is 4.98 Å². The molecule has 0 aliphatic carbocycles. The molecule has 0 bridgehead atoms. The molecule has 2 aliphatic heterocycles. The maximum absolute atomic E-state index is 6.12. The smallest absolute Gasteiger partial charge is 0.181 e. The van der Waals surface area contributed by atoms with Crippen LogP contribution < -0.4 is 20.0 Å². The first-order chi connectivity index (χ1) is 11.7. The van der Waals surface area contributed by atoms with E-state index in [1.54, 1.807) is 0 Å². The number of aromatic nitrogens is 1. The Morgan fingerprint density at radius 3 is 2.75 bits per heavy atom. The Labute approximate surface area is 143 Å². The summed E-state index contributed by atoms with van der Waals surface area (Å²) in [4.78, 5) is 6.90. The summed E-state index contributed by atoms with van der Waals surface area (Å²) >= 11 is 0. The van der Waals surface area contributed by atoms with Crippen molar-refractivity contribution in [2.24, 2.45) is 0 Å². The first-order valence-corrected chi connectivity index (χ1v) is 9.19. The summed E-state index contributed by atoms with van der Waals surface area (Å²) in [7, 11) is 0.641. The maximum atomic E-state index is 6.12. The number of para-hydroxylation sites is 1. The van der Waals surface area contributed by atoms with Crippen molar-refractivity contribution in [3.05, 3.63) is 60.3 Å². The lowest BCUT2D eigenvalue weighted by molar-refractivity contribution is 0.474. The molecule has 3 nitrogen and oxygen atoms in total. The molecule has 24 heavy (non-hydrogen) atoms. The zero-order chi connectivity index (χ0) is 16.3. The van der Waals surface area contributed by atoms with Crippen molar-refractivity contribution in [2.45, 2.75) is 19.8 Å². The Hall–Kier alpha value is -2.59. The molecular weight excluding hydrogens is 312 g/mol. The minimum atomic E-state index is 0.500. The second kappa shape index (κ2) is 4.95. The summed E-state index contributed by atoms with van der Waals surface area (Å²) in [5.74, 6) is 3.11. The number of hydrogen-bond donors (Lipinski definition) is 0. The van der Waals surface area contributed by atoms with Crippen LogP contribution in [0.4, 0.5) is 17.2 Å². The second-order valence-corrected chi connectivity index (χ2v) is 7.80. The summed E-state index contributed by atoms with van der Waals surface area (Å²) in [5, 5.41) is 2.68. The van der Waals surface area contributed by atoms with E-state index in [4.69, 9.17) is 4.74 Å². The summed E-state index contributed by atoms with van der Waals surface area (Å²) in [5.41, 5.74) is 3.74. The fraction of sp³-hybridized carbons (Fsp3) is 0.150. The SMILES string of the molecule is CC(C)c1ccc2c(c1)N1c3ncccc3Oc3cccc(c31)[Si]2. The van der Waals surface area contributed by atoms with Crippen LogP contribution in [0, 0.1) is 0 Å². The summed E-state index contributed by atoms with van der Waals surface area (Å²) in [6.45, 7) is 4.47. The molecule has 0 atom stereocenters. The van der Waals surface area contributed by atoms with Crippen LogP contribution in [0.2, 0.25) is 0 Å². The molecule has 2 radical (unpaired) electrons. The van der Waals surface area contributed by atoms with E-state index < -0.39 is 0 Å². The van der Waals surface area contributed by atoms with E-state index in [-0.39, 0.29) is 0 Å². The highest BCUT2D eigenvalue weighted by molar-refractivity contribution is 6.72. The lowest BCUT2D eigenvalue weighted by Gasteiger charge is -2.37. The molecule has 0 spiro atoms. The van der Waals surface area contributed by atoms with E-state index >= 15 is 0 Å². The van der Waals surface area contributed by atoms with Gasteiger partial charge in [-0.05, 0) is 46.1 Å². The molecule has 0 saturated heterocycles. The van der Waals surface area contributed by atoms with Gasteiger partial charge in [0.25, 0.3) is 0 Å². The van der Waals surface area contributed by atoms with E-state index in [1.807, 2.05) is 24.4 Å². The van der Waals surface area contributed by atoms with Gasteiger partial charge in [-0.1, -0.05) is 38.1 Å². The predicted molar refractivity (Wildman–Crippen MR) is 98.1 cm³/mol. The van der Waals surface area contributed by atoms with Crippen molar-refractivity contribution < 1.29 is 4.74 Å². The molecule has 3 aromatic rings. The number of ether oxygens (including phenoxy) is 1. The number of fused-ring (bicyclic) bond motifs is 4. The zero-order valence-corrected chi connectivity index (χ0v) is 14.6. The zero-order valence-electron chi connectivity index (χ0n) is 13.6.